The zero-order valence-corrected chi connectivity index (χ0v) is 10.8. The van der Waals surface area contributed by atoms with Gasteiger partial charge in [-0.05, 0) is 18.8 Å². The zero-order valence-electron chi connectivity index (χ0n) is 10.8. The van der Waals surface area contributed by atoms with Gasteiger partial charge in [-0.15, -0.1) is 0 Å². The molecule has 4 nitrogen and oxygen atoms in total. The van der Waals surface area contributed by atoms with Gasteiger partial charge in [-0.2, -0.15) is 4.98 Å². The second-order valence-electron chi connectivity index (χ2n) is 5.08. The quantitative estimate of drug-likeness (QED) is 0.852. The van der Waals surface area contributed by atoms with Crippen LogP contribution in [0.15, 0.2) is 6.07 Å². The van der Waals surface area contributed by atoms with Gasteiger partial charge >= 0.3 is 0 Å². The summed E-state index contributed by atoms with van der Waals surface area (Å²) in [6.07, 6.45) is 1.00. The molecule has 1 heterocycles. The Morgan fingerprint density at radius 3 is 2.56 bits per heavy atom. The van der Waals surface area contributed by atoms with Crippen molar-refractivity contribution in [1.29, 1.82) is 0 Å². The minimum atomic E-state index is 0.286. The Morgan fingerprint density at radius 2 is 2.00 bits per heavy atom. The summed E-state index contributed by atoms with van der Waals surface area (Å²) in [4.78, 5) is 8.43. The monoisotopic (exact) mass is 223 g/mol. The topological polar surface area (TPSA) is 47.0 Å². The average Bonchev–Trinajstić information content (AvgIpc) is 2.14. The molecule has 4 heteroatoms. The van der Waals surface area contributed by atoms with Crippen LogP contribution in [0.5, 0.6) is 5.88 Å². The molecule has 1 N–H and O–H groups in total. The predicted molar refractivity (Wildman–Crippen MR) is 65.9 cm³/mol. The normalized spacial score (nSPS) is 11.3. The van der Waals surface area contributed by atoms with Crippen LogP contribution in [0.3, 0.4) is 0 Å². The maximum Gasteiger partial charge on any atom is 0.225 e. The lowest BCUT2D eigenvalue weighted by atomic mass is 9.93. The highest BCUT2D eigenvalue weighted by Gasteiger charge is 2.10. The van der Waals surface area contributed by atoms with Crippen molar-refractivity contribution in [3.05, 3.63) is 11.8 Å². The van der Waals surface area contributed by atoms with Gasteiger partial charge in [0.2, 0.25) is 11.8 Å². The summed E-state index contributed by atoms with van der Waals surface area (Å²) in [7, 11) is 1.80. The number of hydrogen-bond donors (Lipinski definition) is 1. The number of nitrogens with zero attached hydrogens (tertiary/aromatic N) is 2. The molecule has 0 radical (unpaired) electrons. The van der Waals surface area contributed by atoms with E-state index < -0.39 is 0 Å². The molecular formula is C12H21N3O. The van der Waals surface area contributed by atoms with E-state index in [1.807, 2.05) is 13.0 Å². The molecule has 0 unspecified atom stereocenters. The van der Waals surface area contributed by atoms with Crippen molar-refractivity contribution >= 4 is 5.95 Å². The second-order valence-corrected chi connectivity index (χ2v) is 5.08. The third-order valence-electron chi connectivity index (χ3n) is 2.16. The van der Waals surface area contributed by atoms with Crippen molar-refractivity contribution < 1.29 is 4.74 Å². The molecule has 0 aliphatic carbocycles. The minimum absolute atomic E-state index is 0.286. The molecule has 0 saturated carbocycles. The van der Waals surface area contributed by atoms with E-state index in [0.29, 0.717) is 18.4 Å². The Labute approximate surface area is 97.5 Å². The first-order chi connectivity index (χ1) is 7.40. The Morgan fingerprint density at radius 1 is 1.31 bits per heavy atom. The zero-order chi connectivity index (χ0) is 12.2. The van der Waals surface area contributed by atoms with E-state index in [-0.39, 0.29) is 5.41 Å². The Hall–Kier alpha value is -1.32. The third-order valence-corrected chi connectivity index (χ3v) is 2.16. The van der Waals surface area contributed by atoms with Crippen molar-refractivity contribution in [3.8, 4) is 5.88 Å². The summed E-state index contributed by atoms with van der Waals surface area (Å²) in [5, 5.41) is 2.91. The van der Waals surface area contributed by atoms with Crippen LogP contribution in [0.2, 0.25) is 0 Å². The Bertz CT molecular complexity index is 345. The standard InChI is InChI=1S/C12H21N3O/c1-9-8-10(15-11(13-5)14-9)16-7-6-12(2,3)4/h8H,6-7H2,1-5H3,(H,13,14,15). The minimum Gasteiger partial charge on any atom is -0.478 e. The highest BCUT2D eigenvalue weighted by atomic mass is 16.5. The number of aryl methyl sites for hydroxylation is 1. The van der Waals surface area contributed by atoms with Crippen LogP contribution >= 0.6 is 0 Å². The molecule has 90 valence electrons. The Kier molecular flexibility index (Phi) is 4.10. The SMILES string of the molecule is CNc1nc(C)cc(OCCC(C)(C)C)n1. The van der Waals surface area contributed by atoms with Crippen LogP contribution in [-0.4, -0.2) is 23.6 Å². The second kappa shape index (κ2) is 5.14. The van der Waals surface area contributed by atoms with Crippen LogP contribution in [0.1, 0.15) is 32.9 Å². The van der Waals surface area contributed by atoms with Gasteiger partial charge in [0.25, 0.3) is 0 Å². The van der Waals surface area contributed by atoms with E-state index in [9.17, 15) is 0 Å². The van der Waals surface area contributed by atoms with E-state index in [2.05, 4.69) is 36.1 Å². The first-order valence-electron chi connectivity index (χ1n) is 5.57. The lowest BCUT2D eigenvalue weighted by Gasteiger charge is -2.17. The number of anilines is 1. The van der Waals surface area contributed by atoms with Gasteiger partial charge in [-0.3, -0.25) is 0 Å². The molecular weight excluding hydrogens is 202 g/mol. The van der Waals surface area contributed by atoms with Gasteiger partial charge in [0.05, 0.1) is 6.61 Å². The number of nitrogens with one attached hydrogen (secondary N) is 1. The largest absolute Gasteiger partial charge is 0.478 e. The average molecular weight is 223 g/mol. The molecule has 0 aliphatic rings. The molecule has 1 rings (SSSR count). The summed E-state index contributed by atoms with van der Waals surface area (Å²) in [6.45, 7) is 9.20. The fraction of sp³-hybridized carbons (Fsp3) is 0.667. The van der Waals surface area contributed by atoms with Crippen LogP contribution in [0.4, 0.5) is 5.95 Å². The van der Waals surface area contributed by atoms with Crippen LogP contribution in [0.25, 0.3) is 0 Å². The lowest BCUT2D eigenvalue weighted by molar-refractivity contribution is 0.236. The molecule has 0 atom stereocenters. The number of rotatable bonds is 4. The fourth-order valence-electron chi connectivity index (χ4n) is 1.19. The van der Waals surface area contributed by atoms with Crippen LogP contribution in [-0.2, 0) is 0 Å². The molecule has 0 spiro atoms. The van der Waals surface area contributed by atoms with Crippen molar-refractivity contribution in [1.82, 2.24) is 9.97 Å². The molecule has 1 aromatic heterocycles. The van der Waals surface area contributed by atoms with Gasteiger partial charge in [0.15, 0.2) is 0 Å². The molecule has 1 aromatic rings. The van der Waals surface area contributed by atoms with Crippen LogP contribution in [0, 0.1) is 12.3 Å². The third kappa shape index (κ3) is 4.47. The highest BCUT2D eigenvalue weighted by molar-refractivity contribution is 5.29. The van der Waals surface area contributed by atoms with Gasteiger partial charge in [0.1, 0.15) is 0 Å². The van der Waals surface area contributed by atoms with E-state index in [4.69, 9.17) is 4.74 Å². The fourth-order valence-corrected chi connectivity index (χ4v) is 1.19. The maximum atomic E-state index is 5.61. The Balaban J connectivity index is 2.57. The first kappa shape index (κ1) is 12.7. The van der Waals surface area contributed by atoms with Crippen molar-refractivity contribution in [2.24, 2.45) is 5.41 Å². The lowest BCUT2D eigenvalue weighted by Crippen LogP contribution is -2.12. The summed E-state index contributed by atoms with van der Waals surface area (Å²) in [6, 6.07) is 1.85. The van der Waals surface area contributed by atoms with Gasteiger partial charge in [-0.1, -0.05) is 20.8 Å². The highest BCUT2D eigenvalue weighted by Crippen LogP contribution is 2.19. The summed E-state index contributed by atoms with van der Waals surface area (Å²) in [5.74, 6) is 1.24. The number of aromatic nitrogens is 2. The molecule has 0 bridgehead atoms. The van der Waals surface area contributed by atoms with E-state index in [1.54, 1.807) is 7.05 Å². The first-order valence-corrected chi connectivity index (χ1v) is 5.57. The van der Waals surface area contributed by atoms with E-state index in [1.165, 1.54) is 0 Å². The van der Waals surface area contributed by atoms with E-state index in [0.717, 1.165) is 12.1 Å². The molecule has 0 saturated heterocycles. The molecule has 0 aromatic carbocycles. The van der Waals surface area contributed by atoms with Crippen molar-refractivity contribution in [3.63, 3.8) is 0 Å². The van der Waals surface area contributed by atoms with Gasteiger partial charge in [-0.25, -0.2) is 4.98 Å². The summed E-state index contributed by atoms with van der Waals surface area (Å²) >= 11 is 0. The van der Waals surface area contributed by atoms with Gasteiger partial charge < -0.3 is 10.1 Å². The number of ether oxygens (including phenoxy) is 1. The van der Waals surface area contributed by atoms with Crippen molar-refractivity contribution in [2.75, 3.05) is 19.0 Å². The molecule has 16 heavy (non-hydrogen) atoms. The molecule has 0 fully saturated rings. The summed E-state index contributed by atoms with van der Waals surface area (Å²) in [5.41, 5.74) is 1.19. The van der Waals surface area contributed by atoms with Crippen LogP contribution < -0.4 is 10.1 Å². The van der Waals surface area contributed by atoms with Gasteiger partial charge in [0, 0.05) is 18.8 Å². The smallest absolute Gasteiger partial charge is 0.225 e. The predicted octanol–water partition coefficient (Wildman–Crippen LogP) is 2.64. The maximum absolute atomic E-state index is 5.61. The molecule has 0 amide bonds. The van der Waals surface area contributed by atoms with E-state index >= 15 is 0 Å². The number of hydrogen-bond acceptors (Lipinski definition) is 4. The van der Waals surface area contributed by atoms with Crippen molar-refractivity contribution in [2.45, 2.75) is 34.1 Å². The summed E-state index contributed by atoms with van der Waals surface area (Å²) < 4.78 is 5.61. The molecule has 0 aliphatic heterocycles.